The zero-order valence-corrected chi connectivity index (χ0v) is 17.1. The van der Waals surface area contributed by atoms with Crippen molar-refractivity contribution in [3.8, 4) is 0 Å². The molecule has 0 radical (unpaired) electrons. The van der Waals surface area contributed by atoms with Crippen molar-refractivity contribution >= 4 is 31.4 Å². The number of benzene rings is 1. The highest BCUT2D eigenvalue weighted by molar-refractivity contribution is 7.90. The number of rotatable bonds is 9. The molecule has 1 unspecified atom stereocenters. The van der Waals surface area contributed by atoms with E-state index in [-0.39, 0.29) is 22.4 Å². The molecule has 0 aliphatic heterocycles. The summed E-state index contributed by atoms with van der Waals surface area (Å²) < 4.78 is 50.8. The minimum absolute atomic E-state index is 0.104. The van der Waals surface area contributed by atoms with Crippen molar-refractivity contribution in [3.63, 3.8) is 0 Å². The van der Waals surface area contributed by atoms with Crippen molar-refractivity contribution in [2.75, 3.05) is 19.6 Å². The van der Waals surface area contributed by atoms with Gasteiger partial charge < -0.3 is 0 Å². The average molecular weight is 418 g/mol. The van der Waals surface area contributed by atoms with E-state index in [1.807, 2.05) is 30.7 Å². The number of likely N-dealkylation sites (N-methyl/N-ethyl adjacent to an activating group) is 1. The first kappa shape index (κ1) is 21.0. The fourth-order valence-corrected chi connectivity index (χ4v) is 5.10. The summed E-state index contributed by atoms with van der Waals surface area (Å²) in [6.45, 7) is 5.78. The zero-order chi connectivity index (χ0) is 19.4. The van der Waals surface area contributed by atoms with E-state index in [1.165, 1.54) is 18.2 Å². The van der Waals surface area contributed by atoms with Gasteiger partial charge in [0, 0.05) is 12.6 Å². The van der Waals surface area contributed by atoms with Gasteiger partial charge in [-0.25, -0.2) is 26.7 Å². The number of nitrogens with two attached hydrogens (primary N) is 1. The molecule has 2 aromatic rings. The molecule has 1 atom stereocenters. The number of nitrogens with zero attached hydrogens (tertiary/aromatic N) is 1. The first-order valence-electron chi connectivity index (χ1n) is 8.07. The molecule has 0 saturated heterocycles. The van der Waals surface area contributed by atoms with Crippen molar-refractivity contribution in [3.05, 3.63) is 46.7 Å². The number of hydrogen-bond acceptors (Lipinski definition) is 6. The van der Waals surface area contributed by atoms with E-state index < -0.39 is 20.0 Å². The van der Waals surface area contributed by atoms with Crippen LogP contribution in [-0.4, -0.2) is 41.4 Å². The standard InChI is InChI=1S/C16H23N3O4S3/c1-3-19(4-2)16(13-8-9-24-12-13)11-18-26(22,23)15-7-5-6-14(10-15)25(17,20)21/h5-10,12,16,18H,3-4,11H2,1-2H3,(H2,17,20,21). The van der Waals surface area contributed by atoms with Crippen LogP contribution in [-0.2, 0) is 20.0 Å². The summed E-state index contributed by atoms with van der Waals surface area (Å²) in [5.41, 5.74) is 1.04. The van der Waals surface area contributed by atoms with Gasteiger partial charge in [0.25, 0.3) is 0 Å². The van der Waals surface area contributed by atoms with Gasteiger partial charge in [0.15, 0.2) is 0 Å². The van der Waals surface area contributed by atoms with Gasteiger partial charge in [0.1, 0.15) is 0 Å². The number of nitrogens with one attached hydrogen (secondary N) is 1. The monoisotopic (exact) mass is 417 g/mol. The Morgan fingerprint density at radius 3 is 2.31 bits per heavy atom. The second-order valence-electron chi connectivity index (χ2n) is 5.67. The summed E-state index contributed by atoms with van der Waals surface area (Å²) in [4.78, 5) is 1.79. The van der Waals surface area contributed by atoms with Gasteiger partial charge in [-0.15, -0.1) is 0 Å². The van der Waals surface area contributed by atoms with Crippen LogP contribution < -0.4 is 9.86 Å². The molecule has 0 saturated carbocycles. The Morgan fingerprint density at radius 2 is 1.77 bits per heavy atom. The van der Waals surface area contributed by atoms with E-state index in [2.05, 4.69) is 9.62 Å². The molecular formula is C16H23N3O4S3. The van der Waals surface area contributed by atoms with Gasteiger partial charge in [-0.2, -0.15) is 11.3 Å². The van der Waals surface area contributed by atoms with Crippen LogP contribution >= 0.6 is 11.3 Å². The van der Waals surface area contributed by atoms with Gasteiger partial charge in [0.2, 0.25) is 20.0 Å². The van der Waals surface area contributed by atoms with Gasteiger partial charge in [-0.3, -0.25) is 4.90 Å². The zero-order valence-electron chi connectivity index (χ0n) is 14.6. The van der Waals surface area contributed by atoms with Crippen LogP contribution in [0.4, 0.5) is 0 Å². The van der Waals surface area contributed by atoms with E-state index >= 15 is 0 Å². The van der Waals surface area contributed by atoms with E-state index in [4.69, 9.17) is 5.14 Å². The molecule has 0 aliphatic carbocycles. The molecule has 1 aromatic heterocycles. The maximum Gasteiger partial charge on any atom is 0.240 e. The second kappa shape index (κ2) is 8.59. The van der Waals surface area contributed by atoms with Crippen LogP contribution in [0.3, 0.4) is 0 Å². The Morgan fingerprint density at radius 1 is 1.12 bits per heavy atom. The summed E-state index contributed by atoms with van der Waals surface area (Å²) in [6, 6.07) is 6.90. The topological polar surface area (TPSA) is 110 Å². The summed E-state index contributed by atoms with van der Waals surface area (Å²) in [5, 5.41) is 9.04. The lowest BCUT2D eigenvalue weighted by atomic mass is 10.1. The second-order valence-corrected chi connectivity index (χ2v) is 9.77. The van der Waals surface area contributed by atoms with Crippen molar-refractivity contribution < 1.29 is 16.8 Å². The van der Waals surface area contributed by atoms with Gasteiger partial charge in [0.05, 0.1) is 9.79 Å². The van der Waals surface area contributed by atoms with Gasteiger partial charge in [-0.05, 0) is 53.7 Å². The van der Waals surface area contributed by atoms with Crippen molar-refractivity contribution in [1.29, 1.82) is 0 Å². The highest BCUT2D eigenvalue weighted by Gasteiger charge is 2.23. The SMILES string of the molecule is CCN(CC)C(CNS(=O)(=O)c1cccc(S(N)(=O)=O)c1)c1ccsc1. The molecule has 0 spiro atoms. The molecular weight excluding hydrogens is 394 g/mol. The minimum atomic E-state index is -3.97. The first-order valence-corrected chi connectivity index (χ1v) is 12.0. The Hall–Kier alpha value is -1.30. The molecule has 1 aromatic carbocycles. The smallest absolute Gasteiger partial charge is 0.240 e. The molecule has 144 valence electrons. The number of hydrogen-bond donors (Lipinski definition) is 2. The summed E-state index contributed by atoms with van der Waals surface area (Å²) in [5.74, 6) is 0. The third-order valence-electron chi connectivity index (χ3n) is 4.09. The molecule has 0 fully saturated rings. The Bertz CT molecular complexity index is 921. The molecule has 0 bridgehead atoms. The van der Waals surface area contributed by atoms with Crippen LogP contribution in [0.5, 0.6) is 0 Å². The number of sulfonamides is 2. The van der Waals surface area contributed by atoms with E-state index in [1.54, 1.807) is 11.3 Å². The Labute approximate surface area is 158 Å². The Balaban J connectivity index is 2.25. The van der Waals surface area contributed by atoms with E-state index in [9.17, 15) is 16.8 Å². The average Bonchev–Trinajstić information content (AvgIpc) is 3.12. The predicted octanol–water partition coefficient (Wildman–Crippen LogP) is 1.76. The summed E-state index contributed by atoms with van der Waals surface area (Å²) in [6.07, 6.45) is 0. The molecule has 1 heterocycles. The summed E-state index contributed by atoms with van der Waals surface area (Å²) >= 11 is 1.56. The molecule has 10 heteroatoms. The number of primary sulfonamides is 1. The lowest BCUT2D eigenvalue weighted by molar-refractivity contribution is 0.220. The predicted molar refractivity (Wildman–Crippen MR) is 103 cm³/mol. The first-order chi connectivity index (χ1) is 12.2. The van der Waals surface area contributed by atoms with Crippen LogP contribution in [0.25, 0.3) is 0 Å². The van der Waals surface area contributed by atoms with E-state index in [0.717, 1.165) is 24.7 Å². The highest BCUT2D eigenvalue weighted by Crippen LogP contribution is 2.23. The Kier molecular flexibility index (Phi) is 6.94. The molecule has 26 heavy (non-hydrogen) atoms. The van der Waals surface area contributed by atoms with Crippen LogP contribution in [0.1, 0.15) is 25.5 Å². The lowest BCUT2D eigenvalue weighted by Crippen LogP contribution is -2.37. The maximum absolute atomic E-state index is 12.6. The largest absolute Gasteiger partial charge is 0.296 e. The number of thiophene rings is 1. The molecule has 0 aliphatic rings. The lowest BCUT2D eigenvalue weighted by Gasteiger charge is -2.29. The molecule has 2 rings (SSSR count). The maximum atomic E-state index is 12.6. The molecule has 7 nitrogen and oxygen atoms in total. The molecule has 0 amide bonds. The van der Waals surface area contributed by atoms with Crippen molar-refractivity contribution in [2.45, 2.75) is 29.7 Å². The third kappa shape index (κ3) is 5.12. The fraction of sp³-hybridized carbons (Fsp3) is 0.375. The minimum Gasteiger partial charge on any atom is -0.296 e. The van der Waals surface area contributed by atoms with E-state index in [0.29, 0.717) is 0 Å². The van der Waals surface area contributed by atoms with Crippen molar-refractivity contribution in [2.24, 2.45) is 5.14 Å². The third-order valence-corrected chi connectivity index (χ3v) is 7.13. The van der Waals surface area contributed by atoms with Crippen LogP contribution in [0.15, 0.2) is 50.9 Å². The van der Waals surface area contributed by atoms with Crippen LogP contribution in [0, 0.1) is 0 Å². The van der Waals surface area contributed by atoms with Crippen molar-refractivity contribution in [1.82, 2.24) is 9.62 Å². The molecule has 3 N–H and O–H groups in total. The quantitative estimate of drug-likeness (QED) is 0.646. The van der Waals surface area contributed by atoms with Crippen LogP contribution in [0.2, 0.25) is 0 Å². The van der Waals surface area contributed by atoms with Gasteiger partial charge in [-0.1, -0.05) is 19.9 Å². The fourth-order valence-electron chi connectivity index (χ4n) is 2.68. The van der Waals surface area contributed by atoms with Gasteiger partial charge >= 0.3 is 0 Å². The highest BCUT2D eigenvalue weighted by atomic mass is 32.2. The normalized spacial score (nSPS) is 13.8. The summed E-state index contributed by atoms with van der Waals surface area (Å²) in [7, 11) is -7.85.